The zero-order valence-electron chi connectivity index (χ0n) is 15.1. The van der Waals surface area contributed by atoms with Crippen molar-refractivity contribution in [3.05, 3.63) is 65.2 Å². The number of ether oxygens (including phenoxy) is 2. The highest BCUT2D eigenvalue weighted by molar-refractivity contribution is 5.89. The van der Waals surface area contributed by atoms with Crippen molar-refractivity contribution >= 4 is 5.97 Å². The zero-order valence-corrected chi connectivity index (χ0v) is 15.1. The lowest BCUT2D eigenvalue weighted by Gasteiger charge is -2.32. The van der Waals surface area contributed by atoms with Crippen molar-refractivity contribution in [3.8, 4) is 5.75 Å². The molecule has 0 amide bonds. The Balaban J connectivity index is 2.35. The maximum atomic E-state index is 12.3. The second kappa shape index (κ2) is 7.40. The van der Waals surface area contributed by atoms with Crippen molar-refractivity contribution in [2.75, 3.05) is 7.11 Å². The molecule has 6 heteroatoms. The van der Waals surface area contributed by atoms with Crippen LogP contribution in [0.3, 0.4) is 0 Å². The second-order valence-electron chi connectivity index (χ2n) is 7.03. The third-order valence-electron chi connectivity index (χ3n) is 3.98. The number of methoxy groups -OCH3 is 1. The predicted octanol–water partition coefficient (Wildman–Crippen LogP) is 5.55. The van der Waals surface area contributed by atoms with Crippen molar-refractivity contribution in [2.24, 2.45) is 5.41 Å². The van der Waals surface area contributed by atoms with Gasteiger partial charge in [0.25, 0.3) is 0 Å². The molecule has 0 saturated heterocycles. The minimum Gasteiger partial charge on any atom is -0.465 e. The summed E-state index contributed by atoms with van der Waals surface area (Å²) in [5.41, 5.74) is 2.06. The zero-order chi connectivity index (χ0) is 19.5. The van der Waals surface area contributed by atoms with Crippen molar-refractivity contribution in [2.45, 2.75) is 33.1 Å². The van der Waals surface area contributed by atoms with Gasteiger partial charge in [-0.2, -0.15) is 0 Å². The lowest BCUT2D eigenvalue weighted by molar-refractivity contribution is -0.274. The van der Waals surface area contributed by atoms with Gasteiger partial charge in [-0.15, -0.1) is 13.2 Å². The van der Waals surface area contributed by atoms with Gasteiger partial charge in [-0.25, -0.2) is 4.79 Å². The Kier molecular flexibility index (Phi) is 5.64. The molecule has 1 atom stereocenters. The molecule has 26 heavy (non-hydrogen) atoms. The molecule has 2 rings (SSSR count). The quantitative estimate of drug-likeness (QED) is 0.666. The molecule has 0 radical (unpaired) electrons. The van der Waals surface area contributed by atoms with Crippen molar-refractivity contribution < 1.29 is 27.4 Å². The predicted molar refractivity (Wildman–Crippen MR) is 92.2 cm³/mol. The molecular weight excluding hydrogens is 345 g/mol. The summed E-state index contributed by atoms with van der Waals surface area (Å²) in [4.78, 5) is 11.6. The molecule has 3 nitrogen and oxygen atoms in total. The van der Waals surface area contributed by atoms with Crippen molar-refractivity contribution in [1.29, 1.82) is 0 Å². The van der Waals surface area contributed by atoms with Gasteiger partial charge in [-0.3, -0.25) is 0 Å². The molecule has 0 aromatic heterocycles. The lowest BCUT2D eigenvalue weighted by Crippen LogP contribution is -2.20. The molecule has 140 valence electrons. The second-order valence-corrected chi connectivity index (χ2v) is 7.03. The van der Waals surface area contributed by atoms with Gasteiger partial charge in [0.05, 0.1) is 12.7 Å². The van der Waals surface area contributed by atoms with E-state index in [1.54, 1.807) is 24.3 Å². The van der Waals surface area contributed by atoms with Crippen LogP contribution in [0.5, 0.6) is 5.75 Å². The first-order chi connectivity index (χ1) is 12.0. The van der Waals surface area contributed by atoms with E-state index in [1.807, 2.05) is 32.9 Å². The first-order valence-electron chi connectivity index (χ1n) is 8.05. The largest absolute Gasteiger partial charge is 0.573 e. The minimum atomic E-state index is -4.71. The van der Waals surface area contributed by atoms with Crippen LogP contribution in [0, 0.1) is 5.41 Å². The monoisotopic (exact) mass is 366 g/mol. The summed E-state index contributed by atoms with van der Waals surface area (Å²) < 4.78 is 45.6. The van der Waals surface area contributed by atoms with Crippen LogP contribution in [0.2, 0.25) is 0 Å². The summed E-state index contributed by atoms with van der Waals surface area (Å²) in [7, 11) is 1.32. The van der Waals surface area contributed by atoms with Crippen LogP contribution in [-0.2, 0) is 4.74 Å². The van der Waals surface area contributed by atoms with Crippen molar-refractivity contribution in [3.63, 3.8) is 0 Å². The number of rotatable bonds is 4. The van der Waals surface area contributed by atoms with E-state index in [0.717, 1.165) is 11.1 Å². The van der Waals surface area contributed by atoms with E-state index in [1.165, 1.54) is 19.2 Å². The van der Waals surface area contributed by atoms with E-state index in [4.69, 9.17) is 4.74 Å². The van der Waals surface area contributed by atoms with Crippen LogP contribution in [0.1, 0.15) is 48.2 Å². The van der Waals surface area contributed by atoms with E-state index in [9.17, 15) is 18.0 Å². The first kappa shape index (κ1) is 19.8. The highest BCUT2D eigenvalue weighted by Gasteiger charge is 2.32. The van der Waals surface area contributed by atoms with E-state index in [-0.39, 0.29) is 17.1 Å². The van der Waals surface area contributed by atoms with Gasteiger partial charge in [0.1, 0.15) is 5.75 Å². The number of carbonyl (C=O) groups excluding carboxylic acids is 1. The Morgan fingerprint density at radius 1 is 0.885 bits per heavy atom. The number of alkyl halides is 3. The van der Waals surface area contributed by atoms with Crippen LogP contribution in [0.4, 0.5) is 13.2 Å². The van der Waals surface area contributed by atoms with E-state index in [0.29, 0.717) is 5.56 Å². The average Bonchev–Trinajstić information content (AvgIpc) is 2.54. The molecule has 0 aliphatic heterocycles. The summed E-state index contributed by atoms with van der Waals surface area (Å²) >= 11 is 0. The van der Waals surface area contributed by atoms with E-state index in [2.05, 4.69) is 4.74 Å². The minimum absolute atomic E-state index is 0.0749. The fraction of sp³-hybridized carbons (Fsp3) is 0.350. The molecule has 0 spiro atoms. The molecule has 0 N–H and O–H groups in total. The topological polar surface area (TPSA) is 35.5 Å². The molecule has 2 aromatic carbocycles. The summed E-state index contributed by atoms with van der Waals surface area (Å²) in [6.07, 6.45) is -4.71. The number of hydrogen-bond acceptors (Lipinski definition) is 3. The SMILES string of the molecule is COC(=O)c1ccc(C(c2ccc(OC(F)(F)F)cc2)C(C)(C)C)cc1. The average molecular weight is 366 g/mol. The fourth-order valence-corrected chi connectivity index (χ4v) is 2.98. The Labute approximate surface area is 150 Å². The summed E-state index contributed by atoms with van der Waals surface area (Å²) in [5, 5.41) is 0. The number of halogens is 3. The maximum Gasteiger partial charge on any atom is 0.573 e. The smallest absolute Gasteiger partial charge is 0.465 e. The fourth-order valence-electron chi connectivity index (χ4n) is 2.98. The number of hydrogen-bond donors (Lipinski definition) is 0. The van der Waals surface area contributed by atoms with Gasteiger partial charge >= 0.3 is 12.3 Å². The van der Waals surface area contributed by atoms with Gasteiger partial charge in [-0.05, 0) is 40.8 Å². The van der Waals surface area contributed by atoms with Gasteiger partial charge in [0, 0.05) is 5.92 Å². The number of esters is 1. The first-order valence-corrected chi connectivity index (χ1v) is 8.05. The maximum absolute atomic E-state index is 12.3. The van der Waals surface area contributed by atoms with Gasteiger partial charge in [0.15, 0.2) is 0 Å². The van der Waals surface area contributed by atoms with Crippen LogP contribution in [0.15, 0.2) is 48.5 Å². The van der Waals surface area contributed by atoms with Crippen LogP contribution >= 0.6 is 0 Å². The summed E-state index contributed by atoms with van der Waals surface area (Å²) in [6.45, 7) is 6.14. The van der Waals surface area contributed by atoms with Gasteiger partial charge < -0.3 is 9.47 Å². The molecule has 1 unspecified atom stereocenters. The Bertz CT molecular complexity index is 742. The van der Waals surface area contributed by atoms with E-state index >= 15 is 0 Å². The molecule has 0 saturated carbocycles. The molecule has 0 bridgehead atoms. The Morgan fingerprint density at radius 2 is 1.35 bits per heavy atom. The molecule has 2 aromatic rings. The standard InChI is InChI=1S/C20H21F3O3/c1-19(2,3)17(13-5-7-15(8-6-13)18(24)25-4)14-9-11-16(12-10-14)26-20(21,22)23/h5-12,17H,1-4H3. The van der Waals surface area contributed by atoms with Crippen LogP contribution in [0.25, 0.3) is 0 Å². The van der Waals surface area contributed by atoms with Gasteiger partial charge in [0.2, 0.25) is 0 Å². The highest BCUT2D eigenvalue weighted by atomic mass is 19.4. The van der Waals surface area contributed by atoms with Gasteiger partial charge in [-0.1, -0.05) is 45.0 Å². The lowest BCUT2D eigenvalue weighted by atomic mass is 9.72. The highest BCUT2D eigenvalue weighted by Crippen LogP contribution is 2.41. The van der Waals surface area contributed by atoms with Crippen LogP contribution in [-0.4, -0.2) is 19.4 Å². The molecule has 0 aliphatic carbocycles. The molecular formula is C20H21F3O3. The molecule has 0 aliphatic rings. The van der Waals surface area contributed by atoms with Crippen molar-refractivity contribution in [1.82, 2.24) is 0 Å². The third-order valence-corrected chi connectivity index (χ3v) is 3.98. The Hall–Kier alpha value is -2.50. The molecule has 0 heterocycles. The summed E-state index contributed by atoms with van der Waals surface area (Å²) in [6, 6.07) is 12.9. The van der Waals surface area contributed by atoms with Crippen LogP contribution < -0.4 is 4.74 Å². The number of carbonyl (C=O) groups is 1. The summed E-state index contributed by atoms with van der Waals surface area (Å²) in [5.74, 6) is -0.749. The normalized spacial score (nSPS) is 13.2. The number of benzene rings is 2. The third kappa shape index (κ3) is 5.00. The Morgan fingerprint density at radius 3 is 1.73 bits per heavy atom. The van der Waals surface area contributed by atoms with E-state index < -0.39 is 12.3 Å². The molecule has 0 fully saturated rings.